The number of pyridine rings is 1. The molecular weight excluding hydrogens is 352 g/mol. The quantitative estimate of drug-likeness (QED) is 0.560. The average Bonchev–Trinajstić information content (AvgIpc) is 2.70. The number of likely N-dealkylation sites (tertiary alicyclic amines) is 1. The smallest absolute Gasteiger partial charge is 0.156 e. The van der Waals surface area contributed by atoms with Gasteiger partial charge in [-0.1, -0.05) is 29.2 Å². The van der Waals surface area contributed by atoms with E-state index in [9.17, 15) is 5.11 Å². The summed E-state index contributed by atoms with van der Waals surface area (Å²) in [6, 6.07) is 3.97. The highest BCUT2D eigenvalue weighted by atomic mass is 35.5. The lowest BCUT2D eigenvalue weighted by atomic mass is 9.74. The Morgan fingerprint density at radius 1 is 1.35 bits per heavy atom. The molecule has 0 amide bonds. The summed E-state index contributed by atoms with van der Waals surface area (Å²) in [6.07, 6.45) is 8.46. The number of aliphatic hydroxyl groups excluding tert-OH is 1. The largest absolute Gasteiger partial charge is 0.392 e. The number of nitrogens with zero attached hydrogens (tertiary/aromatic N) is 3. The number of aromatic nitrogens is 1. The molecule has 2 fully saturated rings. The number of hydrogen-bond donors (Lipinski definition) is 2. The maximum Gasteiger partial charge on any atom is 0.156 e. The first-order valence-corrected chi connectivity index (χ1v) is 9.96. The zero-order chi connectivity index (χ0) is 18.2. The van der Waals surface area contributed by atoms with Crippen molar-refractivity contribution in [3.05, 3.63) is 30.1 Å². The van der Waals surface area contributed by atoms with Crippen molar-refractivity contribution in [3.8, 4) is 0 Å². The second-order valence-corrected chi connectivity index (χ2v) is 7.62. The Bertz CT molecular complexity index is 572. The number of aliphatic hydroxyl groups is 1. The van der Waals surface area contributed by atoms with E-state index in [1.54, 1.807) is 6.20 Å². The van der Waals surface area contributed by atoms with Gasteiger partial charge in [0, 0.05) is 18.9 Å². The second-order valence-electron chi connectivity index (χ2n) is 7.27. The first-order chi connectivity index (χ1) is 12.7. The number of nitrogens with one attached hydrogen (secondary N) is 1. The summed E-state index contributed by atoms with van der Waals surface area (Å²) in [4.78, 5) is 12.0. The number of oxime groups is 1. The van der Waals surface area contributed by atoms with Crippen molar-refractivity contribution in [2.24, 2.45) is 5.16 Å². The Hall–Kier alpha value is -1.21. The van der Waals surface area contributed by atoms with Crippen molar-refractivity contribution in [1.82, 2.24) is 15.2 Å². The van der Waals surface area contributed by atoms with Crippen LogP contribution in [0.2, 0.25) is 0 Å². The molecule has 2 N–H and O–H groups in total. The zero-order valence-corrected chi connectivity index (χ0v) is 16.0. The van der Waals surface area contributed by atoms with Gasteiger partial charge in [-0.2, -0.15) is 0 Å². The fraction of sp³-hybridized carbons (Fsp3) is 0.684. The number of rotatable bonds is 7. The monoisotopic (exact) mass is 380 g/mol. The van der Waals surface area contributed by atoms with Crippen LogP contribution in [0.4, 0.5) is 0 Å². The molecule has 2 aliphatic heterocycles. The molecule has 6 nitrogen and oxygen atoms in total. The molecule has 0 aromatic carbocycles. The van der Waals surface area contributed by atoms with E-state index in [2.05, 4.69) is 20.4 Å². The summed E-state index contributed by atoms with van der Waals surface area (Å²) in [5, 5.41) is 18.2. The van der Waals surface area contributed by atoms with Gasteiger partial charge in [0.15, 0.2) is 5.17 Å². The minimum atomic E-state index is -0.552. The molecule has 3 rings (SSSR count). The van der Waals surface area contributed by atoms with Gasteiger partial charge < -0.3 is 20.2 Å². The molecule has 26 heavy (non-hydrogen) atoms. The van der Waals surface area contributed by atoms with Crippen LogP contribution < -0.4 is 5.32 Å². The number of halogens is 1. The van der Waals surface area contributed by atoms with Crippen molar-refractivity contribution < 1.29 is 9.94 Å². The fourth-order valence-corrected chi connectivity index (χ4v) is 4.22. The van der Waals surface area contributed by atoms with Gasteiger partial charge in [0.05, 0.1) is 5.41 Å². The first-order valence-electron chi connectivity index (χ1n) is 9.58. The Morgan fingerprint density at radius 3 is 2.81 bits per heavy atom. The molecular formula is C19H29ClN4O2. The van der Waals surface area contributed by atoms with Gasteiger partial charge in [-0.05, 0) is 63.5 Å². The van der Waals surface area contributed by atoms with Gasteiger partial charge in [0.1, 0.15) is 12.7 Å². The Labute approximate surface area is 160 Å². The van der Waals surface area contributed by atoms with E-state index < -0.39 is 6.10 Å². The van der Waals surface area contributed by atoms with Crippen LogP contribution in [0.1, 0.15) is 37.7 Å². The molecule has 144 valence electrons. The van der Waals surface area contributed by atoms with Gasteiger partial charge in [0.2, 0.25) is 0 Å². The van der Waals surface area contributed by atoms with E-state index >= 15 is 0 Å². The van der Waals surface area contributed by atoms with Gasteiger partial charge in [-0.25, -0.2) is 0 Å². The predicted molar refractivity (Wildman–Crippen MR) is 104 cm³/mol. The average molecular weight is 381 g/mol. The summed E-state index contributed by atoms with van der Waals surface area (Å²) in [5.41, 5.74) is 0.700. The standard InChI is InChI=1S/C19H29ClN4O2/c20-18(23-26-15-17(25)14-24-11-2-1-3-12-24)19(6-9-21-10-7-19)16-5-4-8-22-13-16/h4-5,8,13,17,21,25H,1-3,6-7,9-12,14-15H2. The van der Waals surface area contributed by atoms with Crippen molar-refractivity contribution in [2.45, 2.75) is 43.6 Å². The Kier molecular flexibility index (Phi) is 7.25. The molecule has 0 aliphatic carbocycles. The third-order valence-corrected chi connectivity index (χ3v) is 5.83. The van der Waals surface area contributed by atoms with Crippen LogP contribution in [0.15, 0.2) is 29.7 Å². The van der Waals surface area contributed by atoms with Crippen molar-refractivity contribution in [3.63, 3.8) is 0 Å². The lowest BCUT2D eigenvalue weighted by Gasteiger charge is -2.36. The summed E-state index contributed by atoms with van der Waals surface area (Å²) < 4.78 is 0. The molecule has 1 aromatic heterocycles. The summed E-state index contributed by atoms with van der Waals surface area (Å²) in [6.45, 7) is 4.64. The van der Waals surface area contributed by atoms with Gasteiger partial charge >= 0.3 is 0 Å². The molecule has 3 heterocycles. The molecule has 2 saturated heterocycles. The van der Waals surface area contributed by atoms with Crippen LogP contribution in [0.5, 0.6) is 0 Å². The van der Waals surface area contributed by atoms with Crippen LogP contribution in [-0.2, 0) is 10.3 Å². The highest BCUT2D eigenvalue weighted by Gasteiger charge is 2.39. The van der Waals surface area contributed by atoms with Crippen molar-refractivity contribution in [2.75, 3.05) is 39.3 Å². The van der Waals surface area contributed by atoms with Crippen molar-refractivity contribution >= 4 is 16.8 Å². The normalized spacial score (nSPS) is 22.8. The van der Waals surface area contributed by atoms with Gasteiger partial charge in [-0.3, -0.25) is 4.98 Å². The number of piperidine rings is 2. The third-order valence-electron chi connectivity index (χ3n) is 5.40. The van der Waals surface area contributed by atoms with Crippen LogP contribution in [0.3, 0.4) is 0 Å². The van der Waals surface area contributed by atoms with E-state index in [0.717, 1.165) is 44.6 Å². The number of hydrogen-bond acceptors (Lipinski definition) is 6. The maximum absolute atomic E-state index is 10.2. The molecule has 0 saturated carbocycles. The lowest BCUT2D eigenvalue weighted by molar-refractivity contribution is 0.0154. The minimum absolute atomic E-state index is 0.161. The van der Waals surface area contributed by atoms with E-state index in [4.69, 9.17) is 16.4 Å². The van der Waals surface area contributed by atoms with Crippen LogP contribution in [0.25, 0.3) is 0 Å². The molecule has 0 radical (unpaired) electrons. The lowest BCUT2D eigenvalue weighted by Crippen LogP contribution is -2.44. The summed E-state index contributed by atoms with van der Waals surface area (Å²) in [5.74, 6) is 0. The van der Waals surface area contributed by atoms with E-state index in [0.29, 0.717) is 11.7 Å². The van der Waals surface area contributed by atoms with Crippen LogP contribution in [-0.4, -0.2) is 65.6 Å². The number of β-amino-alcohol motifs (C(OH)–C–C–N with tert-alkyl or cyclic N) is 1. The molecule has 1 unspecified atom stereocenters. The van der Waals surface area contributed by atoms with Gasteiger partial charge in [-0.15, -0.1) is 0 Å². The fourth-order valence-electron chi connectivity index (χ4n) is 3.87. The zero-order valence-electron chi connectivity index (χ0n) is 15.2. The predicted octanol–water partition coefficient (Wildman–Crippen LogP) is 2.12. The van der Waals surface area contributed by atoms with E-state index in [-0.39, 0.29) is 12.0 Å². The molecule has 2 aliphatic rings. The highest BCUT2D eigenvalue weighted by Crippen LogP contribution is 2.36. The van der Waals surface area contributed by atoms with Gasteiger partial charge in [0.25, 0.3) is 0 Å². The molecule has 7 heteroatoms. The van der Waals surface area contributed by atoms with E-state index in [1.807, 2.05) is 18.3 Å². The summed E-state index contributed by atoms with van der Waals surface area (Å²) in [7, 11) is 0. The third kappa shape index (κ3) is 4.94. The second kappa shape index (κ2) is 9.65. The molecule has 0 bridgehead atoms. The van der Waals surface area contributed by atoms with E-state index in [1.165, 1.54) is 19.3 Å². The molecule has 0 spiro atoms. The minimum Gasteiger partial charge on any atom is -0.392 e. The SMILES string of the molecule is OC(CON=C(Cl)C1(c2cccnc2)CCNCC1)CN1CCCCC1. The first kappa shape index (κ1) is 19.5. The van der Waals surface area contributed by atoms with Crippen molar-refractivity contribution in [1.29, 1.82) is 0 Å². The topological polar surface area (TPSA) is 70.0 Å². The Balaban J connectivity index is 1.59. The Morgan fingerprint density at radius 2 is 2.12 bits per heavy atom. The van der Waals surface area contributed by atoms with Crippen LogP contribution >= 0.6 is 11.6 Å². The summed E-state index contributed by atoms with van der Waals surface area (Å²) >= 11 is 6.60. The molecule has 1 atom stereocenters. The van der Waals surface area contributed by atoms with Crippen LogP contribution in [0, 0.1) is 0 Å². The highest BCUT2D eigenvalue weighted by molar-refractivity contribution is 6.67. The maximum atomic E-state index is 10.2. The molecule has 1 aromatic rings.